The number of halogens is 1. The summed E-state index contributed by atoms with van der Waals surface area (Å²) in [7, 11) is 0. The molecule has 1 spiro atoms. The van der Waals surface area contributed by atoms with Crippen LogP contribution < -0.4 is 5.73 Å². The first kappa shape index (κ1) is 17.0. The van der Waals surface area contributed by atoms with Crippen molar-refractivity contribution in [3.63, 3.8) is 0 Å². The topological polar surface area (TPSA) is 46.3 Å². The van der Waals surface area contributed by atoms with Gasteiger partial charge in [0.2, 0.25) is 5.91 Å². The molecule has 0 radical (unpaired) electrons. The SMILES string of the molecule is NCC1CCCC12CCN(C(=O)C1CCC1c1ccc(F)cc1)CC2. The Kier molecular flexibility index (Phi) is 4.57. The number of hydrogen-bond acceptors (Lipinski definition) is 2. The van der Waals surface area contributed by atoms with Crippen LogP contribution in [0.3, 0.4) is 0 Å². The zero-order valence-corrected chi connectivity index (χ0v) is 14.9. The van der Waals surface area contributed by atoms with Gasteiger partial charge in [-0.05, 0) is 80.0 Å². The third-order valence-electron chi connectivity index (χ3n) is 7.34. The molecule has 4 heteroatoms. The summed E-state index contributed by atoms with van der Waals surface area (Å²) in [6.07, 6.45) is 8.09. The Balaban J connectivity index is 1.38. The van der Waals surface area contributed by atoms with Crippen molar-refractivity contribution in [2.45, 2.75) is 50.9 Å². The van der Waals surface area contributed by atoms with E-state index in [0.717, 1.165) is 50.9 Å². The van der Waals surface area contributed by atoms with Gasteiger partial charge in [0.25, 0.3) is 0 Å². The highest BCUT2D eigenvalue weighted by atomic mass is 19.1. The van der Waals surface area contributed by atoms with E-state index in [1.54, 1.807) is 0 Å². The highest BCUT2D eigenvalue weighted by molar-refractivity contribution is 5.81. The molecule has 2 saturated carbocycles. The molecular formula is C21H29FN2O. The molecule has 1 saturated heterocycles. The zero-order chi connectivity index (χ0) is 17.4. The largest absolute Gasteiger partial charge is 0.342 e. The van der Waals surface area contributed by atoms with Gasteiger partial charge in [-0.3, -0.25) is 4.79 Å². The molecule has 1 aromatic carbocycles. The molecule has 1 aliphatic heterocycles. The van der Waals surface area contributed by atoms with E-state index in [0.29, 0.717) is 17.2 Å². The van der Waals surface area contributed by atoms with E-state index in [9.17, 15) is 9.18 Å². The average Bonchev–Trinajstić information content (AvgIpc) is 2.98. The highest BCUT2D eigenvalue weighted by Gasteiger charge is 2.46. The number of amides is 1. The van der Waals surface area contributed by atoms with Crippen LogP contribution >= 0.6 is 0 Å². The Morgan fingerprint density at radius 1 is 1.12 bits per heavy atom. The van der Waals surface area contributed by atoms with Crippen molar-refractivity contribution in [3.8, 4) is 0 Å². The van der Waals surface area contributed by atoms with E-state index >= 15 is 0 Å². The Morgan fingerprint density at radius 2 is 1.84 bits per heavy atom. The van der Waals surface area contributed by atoms with Gasteiger partial charge in [0.1, 0.15) is 5.82 Å². The molecule has 0 bridgehead atoms. The second-order valence-corrected chi connectivity index (χ2v) is 8.35. The van der Waals surface area contributed by atoms with E-state index in [1.165, 1.54) is 31.4 Å². The average molecular weight is 344 g/mol. The van der Waals surface area contributed by atoms with E-state index < -0.39 is 0 Å². The highest BCUT2D eigenvalue weighted by Crippen LogP contribution is 2.51. The van der Waals surface area contributed by atoms with E-state index in [4.69, 9.17) is 5.73 Å². The molecule has 3 fully saturated rings. The molecule has 1 aromatic rings. The van der Waals surface area contributed by atoms with Crippen molar-refractivity contribution < 1.29 is 9.18 Å². The maximum Gasteiger partial charge on any atom is 0.226 e. The summed E-state index contributed by atoms with van der Waals surface area (Å²) in [6, 6.07) is 6.70. The van der Waals surface area contributed by atoms with Crippen LogP contribution in [0, 0.1) is 23.1 Å². The number of likely N-dealkylation sites (tertiary alicyclic amines) is 1. The van der Waals surface area contributed by atoms with Gasteiger partial charge < -0.3 is 10.6 Å². The normalized spacial score (nSPS) is 31.1. The number of carbonyl (C=O) groups excluding carboxylic acids is 1. The van der Waals surface area contributed by atoms with Gasteiger partial charge in [-0.2, -0.15) is 0 Å². The molecule has 25 heavy (non-hydrogen) atoms. The summed E-state index contributed by atoms with van der Waals surface area (Å²) in [5, 5.41) is 0. The minimum Gasteiger partial charge on any atom is -0.342 e. The van der Waals surface area contributed by atoms with Crippen molar-refractivity contribution >= 4 is 5.91 Å². The Hall–Kier alpha value is -1.42. The molecule has 3 nitrogen and oxygen atoms in total. The fraction of sp³-hybridized carbons (Fsp3) is 0.667. The van der Waals surface area contributed by atoms with Crippen LogP contribution in [0.5, 0.6) is 0 Å². The van der Waals surface area contributed by atoms with Crippen LogP contribution in [-0.2, 0) is 4.79 Å². The lowest BCUT2D eigenvalue weighted by molar-refractivity contribution is -0.142. The minimum absolute atomic E-state index is 0.0911. The van der Waals surface area contributed by atoms with Crippen LogP contribution in [0.2, 0.25) is 0 Å². The van der Waals surface area contributed by atoms with Crippen molar-refractivity contribution in [1.82, 2.24) is 4.90 Å². The van der Waals surface area contributed by atoms with Crippen LogP contribution in [0.15, 0.2) is 24.3 Å². The number of nitrogens with two attached hydrogens (primary N) is 1. The number of rotatable bonds is 3. The summed E-state index contributed by atoms with van der Waals surface area (Å²) >= 11 is 0. The van der Waals surface area contributed by atoms with Gasteiger partial charge in [0.05, 0.1) is 0 Å². The lowest BCUT2D eigenvalue weighted by Crippen LogP contribution is -2.49. The van der Waals surface area contributed by atoms with Gasteiger partial charge in [0.15, 0.2) is 0 Å². The summed E-state index contributed by atoms with van der Waals surface area (Å²) in [5.74, 6) is 1.12. The van der Waals surface area contributed by atoms with Crippen LogP contribution in [0.4, 0.5) is 4.39 Å². The van der Waals surface area contributed by atoms with Gasteiger partial charge in [-0.15, -0.1) is 0 Å². The first-order valence-corrected chi connectivity index (χ1v) is 9.87. The monoisotopic (exact) mass is 344 g/mol. The second-order valence-electron chi connectivity index (χ2n) is 8.35. The zero-order valence-electron chi connectivity index (χ0n) is 14.9. The number of piperidine rings is 1. The standard InChI is InChI=1S/C21H29FN2O/c22-17-5-3-15(4-6-17)18-7-8-19(18)20(25)24-12-10-21(11-13-24)9-1-2-16(21)14-23/h3-6,16,18-19H,1-2,7-14,23H2. The summed E-state index contributed by atoms with van der Waals surface area (Å²) in [4.78, 5) is 15.1. The predicted molar refractivity (Wildman–Crippen MR) is 96.5 cm³/mol. The maximum absolute atomic E-state index is 13.1. The Morgan fingerprint density at radius 3 is 2.44 bits per heavy atom. The Labute approximate surface area is 149 Å². The van der Waals surface area contributed by atoms with Gasteiger partial charge in [-0.25, -0.2) is 4.39 Å². The second kappa shape index (κ2) is 6.71. The van der Waals surface area contributed by atoms with Crippen molar-refractivity contribution in [2.75, 3.05) is 19.6 Å². The minimum atomic E-state index is -0.210. The number of carbonyl (C=O) groups is 1. The number of nitrogens with zero attached hydrogens (tertiary/aromatic N) is 1. The van der Waals surface area contributed by atoms with E-state index in [2.05, 4.69) is 4.90 Å². The summed E-state index contributed by atoms with van der Waals surface area (Å²) in [5.41, 5.74) is 7.51. The molecule has 0 aromatic heterocycles. The molecular weight excluding hydrogens is 315 g/mol. The summed E-state index contributed by atoms with van der Waals surface area (Å²) in [6.45, 7) is 2.58. The third kappa shape index (κ3) is 2.99. The molecule has 4 rings (SSSR count). The number of benzene rings is 1. The molecule has 2 N–H and O–H groups in total. The maximum atomic E-state index is 13.1. The number of hydrogen-bond donors (Lipinski definition) is 1. The first-order valence-electron chi connectivity index (χ1n) is 9.87. The van der Waals surface area contributed by atoms with Crippen LogP contribution in [0.25, 0.3) is 0 Å². The fourth-order valence-corrected chi connectivity index (χ4v) is 5.55. The van der Waals surface area contributed by atoms with E-state index in [1.807, 2.05) is 12.1 Å². The van der Waals surface area contributed by atoms with Crippen LogP contribution in [-0.4, -0.2) is 30.4 Å². The van der Waals surface area contributed by atoms with Crippen molar-refractivity contribution in [3.05, 3.63) is 35.6 Å². The molecule has 2 aliphatic carbocycles. The van der Waals surface area contributed by atoms with E-state index in [-0.39, 0.29) is 17.7 Å². The van der Waals surface area contributed by atoms with Crippen molar-refractivity contribution in [2.24, 2.45) is 23.0 Å². The molecule has 1 heterocycles. The van der Waals surface area contributed by atoms with Crippen molar-refractivity contribution in [1.29, 1.82) is 0 Å². The molecule has 3 atom stereocenters. The fourth-order valence-electron chi connectivity index (χ4n) is 5.55. The smallest absolute Gasteiger partial charge is 0.226 e. The molecule has 3 unspecified atom stereocenters. The quantitative estimate of drug-likeness (QED) is 0.909. The third-order valence-corrected chi connectivity index (χ3v) is 7.34. The molecule has 3 aliphatic rings. The summed E-state index contributed by atoms with van der Waals surface area (Å²) < 4.78 is 13.1. The van der Waals surface area contributed by atoms with Gasteiger partial charge in [-0.1, -0.05) is 18.6 Å². The Bertz CT molecular complexity index is 621. The van der Waals surface area contributed by atoms with Gasteiger partial charge >= 0.3 is 0 Å². The predicted octanol–water partition coefficient (Wildman–Crippen LogP) is 3.69. The van der Waals surface area contributed by atoms with Gasteiger partial charge in [0, 0.05) is 19.0 Å². The lowest BCUT2D eigenvalue weighted by Gasteiger charge is -2.46. The molecule has 1 amide bonds. The lowest BCUT2D eigenvalue weighted by atomic mass is 9.68. The molecule has 136 valence electrons. The van der Waals surface area contributed by atoms with Crippen LogP contribution in [0.1, 0.15) is 56.4 Å². The first-order chi connectivity index (χ1) is 12.1.